The highest BCUT2D eigenvalue weighted by Gasteiger charge is 2.34. The Morgan fingerprint density at radius 1 is 0.792 bits per heavy atom. The van der Waals surface area contributed by atoms with E-state index in [-0.39, 0.29) is 49.9 Å². The van der Waals surface area contributed by atoms with Crippen LogP contribution in [0.5, 0.6) is 0 Å². The first-order valence-corrected chi connectivity index (χ1v) is 14.1. The fourth-order valence-electron chi connectivity index (χ4n) is 4.55. The van der Waals surface area contributed by atoms with Crippen LogP contribution in [0.4, 0.5) is 11.4 Å². The lowest BCUT2D eigenvalue weighted by Crippen LogP contribution is -2.43. The smallest absolute Gasteiger partial charge is 0.423 e. The van der Waals surface area contributed by atoms with Crippen molar-refractivity contribution >= 4 is 72.0 Å². The normalized spacial score (nSPS) is 12.4. The number of hydrogen-bond acceptors (Lipinski definition) is 14. The molecule has 1 fully saturated rings. The molecular weight excluding hydrogens is 642 g/mol. The minimum Gasteiger partial charge on any atom is -0.423 e. The van der Waals surface area contributed by atoms with Gasteiger partial charge < -0.3 is 35.6 Å². The summed E-state index contributed by atoms with van der Waals surface area (Å²) in [5.74, 6) is -4.80. The van der Waals surface area contributed by atoms with Crippen LogP contribution in [0.2, 0.25) is 0 Å². The van der Waals surface area contributed by atoms with Crippen molar-refractivity contribution in [1.29, 1.82) is 0 Å². The Hall–Kier alpha value is -5.57. The van der Waals surface area contributed by atoms with Crippen molar-refractivity contribution in [2.45, 2.75) is 25.7 Å². The van der Waals surface area contributed by atoms with E-state index in [9.17, 15) is 69.1 Å². The van der Waals surface area contributed by atoms with Crippen LogP contribution in [0.1, 0.15) is 46.4 Å². The van der Waals surface area contributed by atoms with E-state index in [0.29, 0.717) is 4.90 Å². The number of benzene rings is 2. The lowest BCUT2D eigenvalue weighted by Gasteiger charge is -2.23. The highest BCUT2D eigenvalue weighted by molar-refractivity contribution is 6.59. The Labute approximate surface area is 270 Å². The summed E-state index contributed by atoms with van der Waals surface area (Å²) >= 11 is 0. The van der Waals surface area contributed by atoms with Crippen LogP contribution >= 0.6 is 0 Å². The van der Waals surface area contributed by atoms with Crippen LogP contribution in [0.3, 0.4) is 0 Å². The molecular formula is C26H28B2N6O14. The van der Waals surface area contributed by atoms with Crippen molar-refractivity contribution in [1.82, 2.24) is 20.4 Å². The van der Waals surface area contributed by atoms with Crippen molar-refractivity contribution in [3.63, 3.8) is 0 Å². The number of carbonyl (C=O) groups is 6. The molecule has 0 aromatic heterocycles. The average Bonchev–Trinajstić information content (AvgIpc) is 3.38. The highest BCUT2D eigenvalue weighted by Crippen LogP contribution is 2.16. The van der Waals surface area contributed by atoms with Gasteiger partial charge in [-0.3, -0.25) is 49.0 Å². The SMILES string of the molecule is O=C(CN(CCCNC(=O)c1cc(B(O)O)cc([N+](=O)[O-])c1)C(=O)c1cc(B(O)O)cc([N+](=O)[O-])c1)NCCC(=O)N1C(=O)CCC1=O. The molecule has 252 valence electrons. The van der Waals surface area contributed by atoms with E-state index in [4.69, 9.17) is 0 Å². The number of imide groups is 3. The van der Waals surface area contributed by atoms with Crippen molar-refractivity contribution in [3.05, 3.63) is 67.8 Å². The Morgan fingerprint density at radius 2 is 1.31 bits per heavy atom. The Balaban J connectivity index is 1.72. The molecule has 0 atom stereocenters. The van der Waals surface area contributed by atoms with Gasteiger partial charge in [0, 0.05) is 74.3 Å². The molecule has 3 rings (SSSR count). The van der Waals surface area contributed by atoms with E-state index in [1.807, 2.05) is 0 Å². The molecule has 48 heavy (non-hydrogen) atoms. The van der Waals surface area contributed by atoms with Crippen LogP contribution in [-0.4, -0.2) is 116 Å². The number of rotatable bonds is 15. The van der Waals surface area contributed by atoms with Gasteiger partial charge >= 0.3 is 14.2 Å². The summed E-state index contributed by atoms with van der Waals surface area (Å²) in [6, 6.07) is 5.42. The number of carbonyl (C=O) groups excluding carboxylic acids is 6. The first kappa shape index (κ1) is 36.9. The molecule has 1 aliphatic heterocycles. The first-order valence-electron chi connectivity index (χ1n) is 14.1. The molecule has 0 unspecified atom stereocenters. The molecule has 0 spiro atoms. The minimum atomic E-state index is -2.18. The second-order valence-electron chi connectivity index (χ2n) is 10.3. The quantitative estimate of drug-likeness (QED) is 0.0350. The number of nitrogens with zero attached hydrogens (tertiary/aromatic N) is 4. The van der Waals surface area contributed by atoms with Gasteiger partial charge in [0.25, 0.3) is 23.2 Å². The van der Waals surface area contributed by atoms with Gasteiger partial charge in [0.05, 0.1) is 16.4 Å². The summed E-state index contributed by atoms with van der Waals surface area (Å²) in [6.45, 7) is -1.48. The topological polar surface area (TPSA) is 300 Å². The number of likely N-dealkylation sites (tertiary alicyclic amines) is 1. The number of hydrogen-bond donors (Lipinski definition) is 6. The lowest BCUT2D eigenvalue weighted by atomic mass is 9.79. The first-order chi connectivity index (χ1) is 22.6. The molecule has 0 aliphatic carbocycles. The van der Waals surface area contributed by atoms with E-state index >= 15 is 0 Å². The third-order valence-corrected chi connectivity index (χ3v) is 6.88. The zero-order valence-corrected chi connectivity index (χ0v) is 24.9. The average molecular weight is 670 g/mol. The van der Waals surface area contributed by atoms with Gasteiger partial charge in [-0.2, -0.15) is 0 Å². The van der Waals surface area contributed by atoms with Crippen molar-refractivity contribution in [2.75, 3.05) is 26.2 Å². The standard InChI is InChI=1S/C26H28B2N6O14/c35-21(29-6-4-24(38)32-22(36)2-3-23(32)37)14-31(26(40)16-9-18(28(43)44)13-20(11-16)34(47)48)7-1-5-30-25(39)15-8-17(27(41)42)12-19(10-15)33(45)46/h8-13,41-44H,1-7,14H2,(H,29,35)(H,30,39). The molecule has 1 aliphatic rings. The maximum atomic E-state index is 13.4. The number of nitro groups is 2. The van der Waals surface area contributed by atoms with Crippen LogP contribution < -0.4 is 21.6 Å². The zero-order chi connectivity index (χ0) is 35.7. The molecule has 1 saturated heterocycles. The Kier molecular flexibility index (Phi) is 12.5. The molecule has 2 aromatic carbocycles. The summed E-state index contributed by atoms with van der Waals surface area (Å²) in [6.07, 6.45) is -0.700. The van der Waals surface area contributed by atoms with Crippen LogP contribution in [0.15, 0.2) is 36.4 Å². The largest absolute Gasteiger partial charge is 0.488 e. The molecule has 2 aromatic rings. The van der Waals surface area contributed by atoms with Gasteiger partial charge in [-0.25, -0.2) is 4.90 Å². The molecule has 22 heteroatoms. The molecule has 0 saturated carbocycles. The monoisotopic (exact) mass is 670 g/mol. The van der Waals surface area contributed by atoms with Gasteiger partial charge in [0.2, 0.25) is 23.6 Å². The summed E-state index contributed by atoms with van der Waals surface area (Å²) in [4.78, 5) is 96.9. The van der Waals surface area contributed by atoms with Gasteiger partial charge in [0.1, 0.15) is 0 Å². The van der Waals surface area contributed by atoms with Crippen LogP contribution in [-0.2, 0) is 19.2 Å². The maximum Gasteiger partial charge on any atom is 0.488 e. The predicted molar refractivity (Wildman–Crippen MR) is 162 cm³/mol. The van der Waals surface area contributed by atoms with Gasteiger partial charge in [0.15, 0.2) is 0 Å². The highest BCUT2D eigenvalue weighted by atomic mass is 16.6. The fraction of sp³-hybridized carbons (Fsp3) is 0.308. The predicted octanol–water partition coefficient (Wildman–Crippen LogP) is -3.69. The summed E-state index contributed by atoms with van der Waals surface area (Å²) in [5, 5.41) is 65.3. The minimum absolute atomic E-state index is 0.0583. The number of amides is 6. The maximum absolute atomic E-state index is 13.4. The number of nitro benzene ring substituents is 2. The zero-order valence-electron chi connectivity index (χ0n) is 24.9. The number of non-ortho nitro benzene ring substituents is 2. The van der Waals surface area contributed by atoms with Crippen LogP contribution in [0.25, 0.3) is 0 Å². The second kappa shape index (κ2) is 16.3. The second-order valence-corrected chi connectivity index (χ2v) is 10.3. The number of nitrogens with one attached hydrogen (secondary N) is 2. The van der Waals surface area contributed by atoms with E-state index in [2.05, 4.69) is 10.6 Å². The fourth-order valence-corrected chi connectivity index (χ4v) is 4.55. The summed E-state index contributed by atoms with van der Waals surface area (Å²) in [7, 11) is -4.29. The van der Waals surface area contributed by atoms with E-state index < -0.39 is 94.9 Å². The lowest BCUT2D eigenvalue weighted by molar-refractivity contribution is -0.385. The van der Waals surface area contributed by atoms with E-state index in [0.717, 1.165) is 41.3 Å². The summed E-state index contributed by atoms with van der Waals surface area (Å²) in [5.41, 5.74) is -2.62. The molecule has 6 amide bonds. The van der Waals surface area contributed by atoms with Gasteiger partial charge in [-0.05, 0) is 29.5 Å². The molecule has 0 bridgehead atoms. The molecule has 20 nitrogen and oxygen atoms in total. The van der Waals surface area contributed by atoms with Crippen LogP contribution in [0, 0.1) is 20.2 Å². The molecule has 0 radical (unpaired) electrons. The third-order valence-electron chi connectivity index (χ3n) is 6.88. The van der Waals surface area contributed by atoms with Crippen molar-refractivity contribution in [2.24, 2.45) is 0 Å². The summed E-state index contributed by atoms with van der Waals surface area (Å²) < 4.78 is 0. The van der Waals surface area contributed by atoms with Crippen molar-refractivity contribution < 1.29 is 58.7 Å². The Morgan fingerprint density at radius 3 is 1.83 bits per heavy atom. The molecule has 6 N–H and O–H groups in total. The van der Waals surface area contributed by atoms with E-state index in [1.165, 1.54) is 0 Å². The van der Waals surface area contributed by atoms with Gasteiger partial charge in [-0.1, -0.05) is 0 Å². The van der Waals surface area contributed by atoms with Gasteiger partial charge in [-0.15, -0.1) is 0 Å². The van der Waals surface area contributed by atoms with Crippen molar-refractivity contribution in [3.8, 4) is 0 Å². The van der Waals surface area contributed by atoms with E-state index in [1.54, 1.807) is 0 Å². The Bertz CT molecular complexity index is 1640. The molecule has 1 heterocycles. The third kappa shape index (κ3) is 9.72.